The lowest BCUT2D eigenvalue weighted by molar-refractivity contribution is -0.120. The third-order valence-corrected chi connectivity index (χ3v) is 8.66. The predicted octanol–water partition coefficient (Wildman–Crippen LogP) is 4.65. The number of alkyl halides is 1. The molecule has 0 spiro atoms. The van der Waals surface area contributed by atoms with Gasteiger partial charge < -0.3 is 26.1 Å². The minimum atomic E-state index is -0.951. The zero-order chi connectivity index (χ0) is 31.8. The Morgan fingerprint density at radius 2 is 1.91 bits per heavy atom. The number of nitrogens with two attached hydrogens (primary N) is 1. The van der Waals surface area contributed by atoms with Crippen LogP contribution in [0.15, 0.2) is 61.1 Å². The number of aldehydes is 1. The predicted molar refractivity (Wildman–Crippen MR) is 171 cm³/mol. The van der Waals surface area contributed by atoms with Crippen LogP contribution in [0.2, 0.25) is 0 Å². The lowest BCUT2D eigenvalue weighted by atomic mass is 9.89. The number of nitrogens with zero attached hydrogens (tertiary/aromatic N) is 4. The number of carbonyl (C=O) groups is 2. The summed E-state index contributed by atoms with van der Waals surface area (Å²) in [6.45, 7) is 2.21. The van der Waals surface area contributed by atoms with Crippen molar-refractivity contribution in [1.82, 2.24) is 24.8 Å². The number of hydrogen-bond acceptors (Lipinski definition) is 7. The number of nitrogens with one attached hydrogen (secondary N) is 2. The van der Waals surface area contributed by atoms with E-state index in [0.717, 1.165) is 49.0 Å². The highest BCUT2D eigenvalue weighted by Crippen LogP contribution is 2.30. The molecule has 1 saturated heterocycles. The van der Waals surface area contributed by atoms with Gasteiger partial charge in [0.05, 0.1) is 17.3 Å². The van der Waals surface area contributed by atoms with E-state index in [1.165, 1.54) is 18.0 Å². The number of piperidine rings is 1. The Bertz CT molecular complexity index is 1590. The van der Waals surface area contributed by atoms with Crippen LogP contribution in [0.5, 0.6) is 0 Å². The van der Waals surface area contributed by atoms with E-state index in [9.17, 15) is 14.0 Å². The Morgan fingerprint density at radius 1 is 1.13 bits per heavy atom. The number of fused-ring (bicyclic) bond motifs is 1. The maximum atomic E-state index is 15.1. The van der Waals surface area contributed by atoms with Gasteiger partial charge in [0.25, 0.3) is 0 Å². The van der Waals surface area contributed by atoms with E-state index in [-0.39, 0.29) is 24.7 Å². The molecular formula is C34H41F2N7O2. The van der Waals surface area contributed by atoms with Crippen LogP contribution in [0.4, 0.5) is 14.5 Å². The third kappa shape index (κ3) is 8.29. The fourth-order valence-corrected chi connectivity index (χ4v) is 6.00. The normalized spacial score (nSPS) is 15.6. The van der Waals surface area contributed by atoms with Crippen molar-refractivity contribution in [3.8, 4) is 11.3 Å². The molecule has 4 N–H and O–H groups in total. The van der Waals surface area contributed by atoms with Crippen LogP contribution in [0.1, 0.15) is 54.7 Å². The zero-order valence-corrected chi connectivity index (χ0v) is 25.6. The van der Waals surface area contributed by atoms with Crippen molar-refractivity contribution in [3.05, 3.63) is 83.6 Å². The summed E-state index contributed by atoms with van der Waals surface area (Å²) in [5.74, 6) is -0.0455. The molecule has 0 radical (unpaired) electrons. The topological polar surface area (TPSA) is 118 Å². The fraction of sp³-hybridized carbons (Fsp3) is 0.412. The number of benzene rings is 2. The molecule has 1 amide bonds. The number of anilines is 1. The first-order chi connectivity index (χ1) is 21.9. The number of halogens is 2. The lowest BCUT2D eigenvalue weighted by Crippen LogP contribution is -2.37. The summed E-state index contributed by atoms with van der Waals surface area (Å²) in [6.07, 6.45) is 6.82. The van der Waals surface area contributed by atoms with E-state index in [4.69, 9.17) is 5.73 Å². The van der Waals surface area contributed by atoms with Crippen LogP contribution in [0.25, 0.3) is 16.8 Å². The largest absolute Gasteiger partial charge is 0.376 e. The van der Waals surface area contributed by atoms with E-state index in [1.54, 1.807) is 23.7 Å². The fourth-order valence-electron chi connectivity index (χ4n) is 6.00. The lowest BCUT2D eigenvalue weighted by Gasteiger charge is -2.33. The molecule has 2 aromatic carbocycles. The first kappa shape index (κ1) is 32.2. The molecule has 2 atom stereocenters. The molecule has 2 unspecified atom stereocenters. The summed E-state index contributed by atoms with van der Waals surface area (Å²) in [5.41, 5.74) is 11.1. The molecule has 11 heteroatoms. The highest BCUT2D eigenvalue weighted by Gasteiger charge is 2.23. The second-order valence-corrected chi connectivity index (χ2v) is 11.7. The average molecular weight is 618 g/mol. The van der Waals surface area contributed by atoms with Crippen molar-refractivity contribution >= 4 is 23.4 Å². The van der Waals surface area contributed by atoms with Gasteiger partial charge in [0.15, 0.2) is 0 Å². The number of likely N-dealkylation sites (tertiary alicyclic amines) is 1. The van der Waals surface area contributed by atoms with Crippen molar-refractivity contribution in [3.63, 3.8) is 0 Å². The minimum Gasteiger partial charge on any atom is -0.376 e. The molecule has 4 aromatic rings. The number of amides is 1. The Morgan fingerprint density at radius 3 is 2.60 bits per heavy atom. The Balaban J connectivity index is 1.09. The van der Waals surface area contributed by atoms with E-state index in [1.807, 2.05) is 24.4 Å². The highest BCUT2D eigenvalue weighted by molar-refractivity contribution is 5.77. The highest BCUT2D eigenvalue weighted by atomic mass is 19.1. The molecule has 238 valence electrons. The molecule has 45 heavy (non-hydrogen) atoms. The van der Waals surface area contributed by atoms with E-state index < -0.39 is 12.2 Å². The summed E-state index contributed by atoms with van der Waals surface area (Å²) in [6, 6.07) is 14.6. The first-order valence-electron chi connectivity index (χ1n) is 15.6. The van der Waals surface area contributed by atoms with Crippen LogP contribution in [0.3, 0.4) is 0 Å². The zero-order valence-electron chi connectivity index (χ0n) is 25.6. The molecule has 1 aliphatic heterocycles. The van der Waals surface area contributed by atoms with Gasteiger partial charge in [-0.05, 0) is 86.5 Å². The molecule has 1 fully saturated rings. The average Bonchev–Trinajstić information content (AvgIpc) is 3.49. The molecule has 1 aliphatic rings. The maximum absolute atomic E-state index is 15.1. The van der Waals surface area contributed by atoms with Gasteiger partial charge in [-0.3, -0.25) is 4.79 Å². The van der Waals surface area contributed by atoms with E-state index >= 15 is 4.39 Å². The molecule has 0 saturated carbocycles. The monoisotopic (exact) mass is 617 g/mol. The Labute approximate surface area is 262 Å². The van der Waals surface area contributed by atoms with Crippen LogP contribution in [-0.2, 0) is 22.6 Å². The molecule has 0 bridgehead atoms. The van der Waals surface area contributed by atoms with Crippen LogP contribution in [-0.4, -0.2) is 70.6 Å². The van der Waals surface area contributed by atoms with Crippen LogP contribution in [0, 0.1) is 5.82 Å². The minimum absolute atomic E-state index is 0.0887. The summed E-state index contributed by atoms with van der Waals surface area (Å²) >= 11 is 0. The van der Waals surface area contributed by atoms with Crippen molar-refractivity contribution in [1.29, 1.82) is 0 Å². The summed E-state index contributed by atoms with van der Waals surface area (Å²) in [4.78, 5) is 29.5. The van der Waals surface area contributed by atoms with Crippen molar-refractivity contribution in [2.45, 2.75) is 63.2 Å². The van der Waals surface area contributed by atoms with Gasteiger partial charge in [0.2, 0.25) is 5.91 Å². The molecule has 2 aromatic heterocycles. The van der Waals surface area contributed by atoms with Gasteiger partial charge in [-0.2, -0.15) is 5.10 Å². The number of aromatic nitrogens is 3. The standard InChI is InChI=1S/C34H41F2N7O2/c1-38-33(45)11-10-30(21-44)41-29-8-5-24(6-9-29)25-12-14-42(15-13-25)20-28(35)7-2-23-16-32-34(39-22-40-43(32)19-23)26-3-4-27(18-37)31(36)17-26/h3-6,8-9,16-17,19,21-22,25,28,30,41H,2,7,10-15,18,20,37H2,1H3,(H,38,45). The Hall–Kier alpha value is -4.22. The van der Waals surface area contributed by atoms with Gasteiger partial charge in [-0.15, -0.1) is 0 Å². The van der Waals surface area contributed by atoms with Gasteiger partial charge in [-0.1, -0.05) is 24.3 Å². The third-order valence-electron chi connectivity index (χ3n) is 8.66. The number of hydrogen-bond donors (Lipinski definition) is 3. The van der Waals surface area contributed by atoms with E-state index in [0.29, 0.717) is 48.5 Å². The molecule has 5 rings (SSSR count). The Kier molecular flexibility index (Phi) is 10.9. The van der Waals surface area contributed by atoms with Crippen LogP contribution >= 0.6 is 0 Å². The van der Waals surface area contributed by atoms with Gasteiger partial charge >= 0.3 is 0 Å². The van der Waals surface area contributed by atoms with Crippen LogP contribution < -0.4 is 16.4 Å². The summed E-state index contributed by atoms with van der Waals surface area (Å²) < 4.78 is 31.2. The van der Waals surface area contributed by atoms with Gasteiger partial charge in [0.1, 0.15) is 24.6 Å². The summed E-state index contributed by atoms with van der Waals surface area (Å²) in [5, 5.41) is 10.1. The molecule has 9 nitrogen and oxygen atoms in total. The molecule has 0 aliphatic carbocycles. The SMILES string of the molecule is CNC(=O)CCC(C=O)Nc1ccc(C2CCN(CC(F)CCc3cc4c(-c5ccc(CN)c(F)c5)ncnn4c3)CC2)cc1. The number of carbonyl (C=O) groups excluding carboxylic acids is 2. The molecule has 3 heterocycles. The van der Waals surface area contributed by atoms with Gasteiger partial charge in [0, 0.05) is 49.6 Å². The second-order valence-electron chi connectivity index (χ2n) is 11.7. The van der Waals surface area contributed by atoms with Crippen molar-refractivity contribution < 1.29 is 18.4 Å². The number of rotatable bonds is 14. The summed E-state index contributed by atoms with van der Waals surface area (Å²) in [7, 11) is 1.58. The van der Waals surface area contributed by atoms with Gasteiger partial charge in [-0.25, -0.2) is 18.3 Å². The number of aryl methyl sites for hydroxylation is 1. The smallest absolute Gasteiger partial charge is 0.219 e. The maximum Gasteiger partial charge on any atom is 0.219 e. The second kappa shape index (κ2) is 15.2. The van der Waals surface area contributed by atoms with E-state index in [2.05, 4.69) is 37.7 Å². The quantitative estimate of drug-likeness (QED) is 0.176. The molecular weight excluding hydrogens is 576 g/mol. The van der Waals surface area contributed by atoms with Crippen molar-refractivity contribution in [2.75, 3.05) is 32.0 Å². The van der Waals surface area contributed by atoms with Crippen molar-refractivity contribution in [2.24, 2.45) is 5.73 Å². The first-order valence-corrected chi connectivity index (χ1v) is 15.6.